The standard InChI is InChI=1S/C11H17BrN4O3S/c1-16(2)11(17)14-5-6-15-20(18,19)10-4-3-8(12)7-9(10)13/h3-4,7,15H,5-6,13H2,1-2H3,(H,14,17). The first kappa shape index (κ1) is 16.7. The average molecular weight is 365 g/mol. The Morgan fingerprint density at radius 1 is 1.35 bits per heavy atom. The maximum absolute atomic E-state index is 12.0. The van der Waals surface area contributed by atoms with Crippen molar-refractivity contribution in [1.82, 2.24) is 14.9 Å². The second-order valence-electron chi connectivity index (χ2n) is 4.21. The van der Waals surface area contributed by atoms with E-state index in [2.05, 4.69) is 26.0 Å². The summed E-state index contributed by atoms with van der Waals surface area (Å²) in [6, 6.07) is 4.24. The van der Waals surface area contributed by atoms with Gasteiger partial charge >= 0.3 is 6.03 Å². The summed E-state index contributed by atoms with van der Waals surface area (Å²) in [7, 11) is -0.488. The molecule has 2 amide bonds. The third-order valence-corrected chi connectivity index (χ3v) is 4.39. The third-order valence-electron chi connectivity index (χ3n) is 2.36. The van der Waals surface area contributed by atoms with Gasteiger partial charge < -0.3 is 16.0 Å². The highest BCUT2D eigenvalue weighted by Crippen LogP contribution is 2.22. The Kier molecular flexibility index (Phi) is 5.78. The van der Waals surface area contributed by atoms with Crippen LogP contribution in [0.15, 0.2) is 27.6 Å². The Balaban J connectivity index is 2.60. The first-order chi connectivity index (χ1) is 9.24. The molecule has 0 heterocycles. The van der Waals surface area contributed by atoms with Crippen LogP contribution in [0.4, 0.5) is 10.5 Å². The lowest BCUT2D eigenvalue weighted by Crippen LogP contribution is -2.39. The normalized spacial score (nSPS) is 11.2. The number of hydrogen-bond donors (Lipinski definition) is 3. The van der Waals surface area contributed by atoms with Crippen LogP contribution in [-0.4, -0.2) is 46.5 Å². The average Bonchev–Trinajstić information content (AvgIpc) is 2.33. The van der Waals surface area contributed by atoms with Crippen molar-refractivity contribution in [2.75, 3.05) is 32.9 Å². The Morgan fingerprint density at radius 3 is 2.55 bits per heavy atom. The van der Waals surface area contributed by atoms with Crippen LogP contribution in [0.1, 0.15) is 0 Å². The van der Waals surface area contributed by atoms with Gasteiger partial charge in [-0.15, -0.1) is 0 Å². The van der Waals surface area contributed by atoms with Gasteiger partial charge in [-0.2, -0.15) is 0 Å². The van der Waals surface area contributed by atoms with E-state index in [1.807, 2.05) is 0 Å². The fraction of sp³-hybridized carbons (Fsp3) is 0.364. The van der Waals surface area contributed by atoms with Crippen molar-refractivity contribution in [3.05, 3.63) is 22.7 Å². The molecule has 0 unspecified atom stereocenters. The number of anilines is 1. The van der Waals surface area contributed by atoms with Crippen molar-refractivity contribution in [2.24, 2.45) is 0 Å². The summed E-state index contributed by atoms with van der Waals surface area (Å²) < 4.78 is 27.1. The largest absolute Gasteiger partial charge is 0.398 e. The van der Waals surface area contributed by atoms with Crippen LogP contribution in [0.3, 0.4) is 0 Å². The number of nitrogens with zero attached hydrogens (tertiary/aromatic N) is 1. The van der Waals surface area contributed by atoms with E-state index in [1.165, 1.54) is 17.0 Å². The zero-order valence-electron chi connectivity index (χ0n) is 11.2. The van der Waals surface area contributed by atoms with Gasteiger partial charge in [0.05, 0.1) is 5.69 Å². The molecular formula is C11H17BrN4O3S. The molecule has 0 aromatic heterocycles. The van der Waals surface area contributed by atoms with Gasteiger partial charge in [0.15, 0.2) is 0 Å². The maximum atomic E-state index is 12.0. The molecule has 0 saturated heterocycles. The molecule has 0 fully saturated rings. The highest BCUT2D eigenvalue weighted by atomic mass is 79.9. The van der Waals surface area contributed by atoms with Crippen molar-refractivity contribution in [3.63, 3.8) is 0 Å². The molecule has 0 spiro atoms. The predicted octanol–water partition coefficient (Wildman–Crippen LogP) is 0.581. The van der Waals surface area contributed by atoms with Crippen molar-refractivity contribution in [3.8, 4) is 0 Å². The predicted molar refractivity (Wildman–Crippen MR) is 80.8 cm³/mol. The van der Waals surface area contributed by atoms with E-state index in [1.54, 1.807) is 20.2 Å². The van der Waals surface area contributed by atoms with Crippen LogP contribution in [0, 0.1) is 0 Å². The number of urea groups is 1. The summed E-state index contributed by atoms with van der Waals surface area (Å²) in [5, 5.41) is 2.55. The molecule has 0 aliphatic carbocycles. The first-order valence-corrected chi connectivity index (χ1v) is 8.01. The third kappa shape index (κ3) is 4.66. The van der Waals surface area contributed by atoms with E-state index in [0.717, 1.165) is 0 Å². The molecule has 0 radical (unpaired) electrons. The fourth-order valence-electron chi connectivity index (χ4n) is 1.35. The number of carbonyl (C=O) groups is 1. The lowest BCUT2D eigenvalue weighted by atomic mass is 10.3. The Bertz CT molecular complexity index is 589. The quantitative estimate of drug-likeness (QED) is 0.524. The maximum Gasteiger partial charge on any atom is 0.316 e. The number of rotatable bonds is 5. The number of nitrogen functional groups attached to an aromatic ring is 1. The van der Waals surface area contributed by atoms with Crippen LogP contribution in [0.5, 0.6) is 0 Å². The van der Waals surface area contributed by atoms with E-state index < -0.39 is 10.0 Å². The summed E-state index contributed by atoms with van der Waals surface area (Å²) >= 11 is 3.21. The van der Waals surface area contributed by atoms with Crippen LogP contribution in [-0.2, 0) is 10.0 Å². The minimum Gasteiger partial charge on any atom is -0.398 e. The molecule has 112 valence electrons. The van der Waals surface area contributed by atoms with Gasteiger partial charge in [0.25, 0.3) is 0 Å². The lowest BCUT2D eigenvalue weighted by molar-refractivity contribution is 0.217. The zero-order valence-corrected chi connectivity index (χ0v) is 13.6. The molecule has 1 rings (SSSR count). The number of sulfonamides is 1. The van der Waals surface area contributed by atoms with Crippen molar-refractivity contribution in [1.29, 1.82) is 0 Å². The summed E-state index contributed by atoms with van der Waals surface area (Å²) in [6.07, 6.45) is 0. The van der Waals surface area contributed by atoms with E-state index in [9.17, 15) is 13.2 Å². The molecule has 7 nitrogen and oxygen atoms in total. The monoisotopic (exact) mass is 364 g/mol. The van der Waals surface area contributed by atoms with Gasteiger partial charge in [0, 0.05) is 31.7 Å². The van der Waals surface area contributed by atoms with Gasteiger partial charge in [0.1, 0.15) is 4.90 Å². The Morgan fingerprint density at radius 2 is 2.00 bits per heavy atom. The van der Waals surface area contributed by atoms with Gasteiger partial charge in [-0.05, 0) is 18.2 Å². The van der Waals surface area contributed by atoms with Gasteiger partial charge in [-0.1, -0.05) is 15.9 Å². The van der Waals surface area contributed by atoms with Crippen molar-refractivity contribution in [2.45, 2.75) is 4.90 Å². The molecule has 0 bridgehead atoms. The number of nitrogens with one attached hydrogen (secondary N) is 2. The topological polar surface area (TPSA) is 105 Å². The second kappa shape index (κ2) is 6.91. The molecule has 20 heavy (non-hydrogen) atoms. The summed E-state index contributed by atoms with van der Waals surface area (Å²) in [6.45, 7) is 0.268. The first-order valence-electron chi connectivity index (χ1n) is 5.74. The zero-order chi connectivity index (χ0) is 15.3. The molecule has 1 aromatic rings. The molecule has 1 aromatic carbocycles. The summed E-state index contributed by atoms with van der Waals surface area (Å²) in [4.78, 5) is 12.6. The van der Waals surface area contributed by atoms with Crippen LogP contribution in [0.25, 0.3) is 0 Å². The van der Waals surface area contributed by atoms with E-state index in [-0.39, 0.29) is 29.7 Å². The summed E-state index contributed by atoms with van der Waals surface area (Å²) in [5.41, 5.74) is 5.83. The van der Waals surface area contributed by atoms with Gasteiger partial charge in [-0.3, -0.25) is 0 Å². The summed E-state index contributed by atoms with van der Waals surface area (Å²) in [5.74, 6) is 0. The van der Waals surface area contributed by atoms with E-state index >= 15 is 0 Å². The van der Waals surface area contributed by atoms with Crippen molar-refractivity contribution >= 4 is 37.7 Å². The van der Waals surface area contributed by atoms with Crippen molar-refractivity contribution < 1.29 is 13.2 Å². The number of amides is 2. The highest BCUT2D eigenvalue weighted by Gasteiger charge is 2.16. The van der Waals surface area contributed by atoms with Crippen LogP contribution >= 0.6 is 15.9 Å². The molecule has 0 aliphatic rings. The Hall–Kier alpha value is -1.32. The highest BCUT2D eigenvalue weighted by molar-refractivity contribution is 9.10. The molecule has 0 atom stereocenters. The molecule has 0 aliphatic heterocycles. The smallest absolute Gasteiger partial charge is 0.316 e. The van der Waals surface area contributed by atoms with Gasteiger partial charge in [-0.25, -0.2) is 17.9 Å². The second-order valence-corrected chi connectivity index (χ2v) is 6.86. The van der Waals surface area contributed by atoms with Crippen LogP contribution < -0.4 is 15.8 Å². The number of halogens is 1. The SMILES string of the molecule is CN(C)C(=O)NCCNS(=O)(=O)c1ccc(Br)cc1N. The fourth-order valence-corrected chi connectivity index (χ4v) is 2.88. The minimum absolute atomic E-state index is 0.0136. The number of carbonyl (C=O) groups excluding carboxylic acids is 1. The lowest BCUT2D eigenvalue weighted by Gasteiger charge is -2.13. The van der Waals surface area contributed by atoms with E-state index in [0.29, 0.717) is 4.47 Å². The minimum atomic E-state index is -3.69. The molecule has 4 N–H and O–H groups in total. The number of nitrogens with two attached hydrogens (primary N) is 1. The molecule has 0 saturated carbocycles. The van der Waals surface area contributed by atoms with E-state index in [4.69, 9.17) is 5.73 Å². The Labute approximate surface area is 126 Å². The van der Waals surface area contributed by atoms with Crippen LogP contribution in [0.2, 0.25) is 0 Å². The number of benzene rings is 1. The van der Waals surface area contributed by atoms with Gasteiger partial charge in [0.2, 0.25) is 10.0 Å². The molecule has 9 heteroatoms. The molecular weight excluding hydrogens is 348 g/mol. The number of hydrogen-bond acceptors (Lipinski definition) is 4.